The van der Waals surface area contributed by atoms with Gasteiger partial charge in [0.25, 0.3) is 0 Å². The lowest BCUT2D eigenvalue weighted by molar-refractivity contribution is -0.111. The SMILES string of the molecule is C=C(C(=O)C1=CCCC1)P(=O)(OC)OC. The van der Waals surface area contributed by atoms with Gasteiger partial charge in [-0.15, -0.1) is 0 Å². The van der Waals surface area contributed by atoms with Crippen LogP contribution in [0.1, 0.15) is 19.3 Å². The molecule has 0 saturated carbocycles. The van der Waals surface area contributed by atoms with E-state index < -0.39 is 7.60 Å². The van der Waals surface area contributed by atoms with Gasteiger partial charge < -0.3 is 9.05 Å². The zero-order valence-electron chi connectivity index (χ0n) is 8.99. The first-order chi connectivity index (χ1) is 7.05. The molecule has 0 atom stereocenters. The summed E-state index contributed by atoms with van der Waals surface area (Å²) in [6.45, 7) is 3.51. The summed E-state index contributed by atoms with van der Waals surface area (Å²) >= 11 is 0. The molecule has 1 rings (SSSR count). The Kier molecular flexibility index (Phi) is 4.03. The molecule has 0 fully saturated rings. The molecule has 0 heterocycles. The number of hydrogen-bond donors (Lipinski definition) is 0. The highest BCUT2D eigenvalue weighted by atomic mass is 31.2. The van der Waals surface area contributed by atoms with Gasteiger partial charge >= 0.3 is 7.60 Å². The number of carbonyl (C=O) groups is 1. The summed E-state index contributed by atoms with van der Waals surface area (Å²) in [5, 5.41) is -0.0827. The topological polar surface area (TPSA) is 52.6 Å². The standard InChI is InChI=1S/C10H15O4P/c1-8(15(12,13-2)14-3)10(11)9-6-4-5-7-9/h6H,1,4-5,7H2,2-3H3. The van der Waals surface area contributed by atoms with E-state index in [1.54, 1.807) is 0 Å². The Hall–Kier alpha value is -0.700. The van der Waals surface area contributed by atoms with E-state index in [1.807, 2.05) is 6.08 Å². The van der Waals surface area contributed by atoms with Crippen LogP contribution in [0.15, 0.2) is 23.5 Å². The molecular weight excluding hydrogens is 215 g/mol. The molecule has 4 nitrogen and oxygen atoms in total. The minimum absolute atomic E-state index is 0.0827. The molecule has 0 aromatic carbocycles. The van der Waals surface area contributed by atoms with Crippen molar-refractivity contribution < 1.29 is 18.4 Å². The van der Waals surface area contributed by atoms with Crippen molar-refractivity contribution in [1.82, 2.24) is 0 Å². The van der Waals surface area contributed by atoms with Crippen LogP contribution in [0.25, 0.3) is 0 Å². The van der Waals surface area contributed by atoms with Gasteiger partial charge in [-0.25, -0.2) is 0 Å². The van der Waals surface area contributed by atoms with Crippen molar-refractivity contribution in [2.45, 2.75) is 19.3 Å². The Morgan fingerprint density at radius 1 is 1.47 bits per heavy atom. The van der Waals surface area contributed by atoms with Gasteiger partial charge in [-0.1, -0.05) is 12.7 Å². The second-order valence-corrected chi connectivity index (χ2v) is 5.53. The van der Waals surface area contributed by atoms with Gasteiger partial charge in [0.1, 0.15) is 5.31 Å². The number of Topliss-reactive ketones (excluding diaryl/α,β-unsaturated/α-hetero) is 1. The van der Waals surface area contributed by atoms with Gasteiger partial charge in [0.15, 0.2) is 5.78 Å². The van der Waals surface area contributed by atoms with E-state index in [-0.39, 0.29) is 11.1 Å². The molecule has 0 bridgehead atoms. The lowest BCUT2D eigenvalue weighted by atomic mass is 10.1. The number of ketones is 1. The van der Waals surface area contributed by atoms with Crippen molar-refractivity contribution in [1.29, 1.82) is 0 Å². The van der Waals surface area contributed by atoms with Gasteiger partial charge in [-0.05, 0) is 24.8 Å². The number of hydrogen-bond acceptors (Lipinski definition) is 4. The fourth-order valence-electron chi connectivity index (χ4n) is 1.48. The van der Waals surface area contributed by atoms with E-state index in [1.165, 1.54) is 14.2 Å². The van der Waals surface area contributed by atoms with E-state index in [0.29, 0.717) is 12.0 Å². The molecule has 0 aliphatic heterocycles. The first kappa shape index (κ1) is 12.4. The van der Waals surface area contributed by atoms with E-state index in [4.69, 9.17) is 9.05 Å². The van der Waals surface area contributed by atoms with Crippen LogP contribution < -0.4 is 0 Å². The lowest BCUT2D eigenvalue weighted by Gasteiger charge is -2.15. The van der Waals surface area contributed by atoms with E-state index >= 15 is 0 Å². The summed E-state index contributed by atoms with van der Waals surface area (Å²) in [4.78, 5) is 11.8. The van der Waals surface area contributed by atoms with Crippen LogP contribution >= 0.6 is 7.60 Å². The first-order valence-corrected chi connectivity index (χ1v) is 6.24. The van der Waals surface area contributed by atoms with Crippen molar-refractivity contribution in [3.63, 3.8) is 0 Å². The first-order valence-electron chi connectivity index (χ1n) is 4.70. The van der Waals surface area contributed by atoms with Crippen molar-refractivity contribution in [2.24, 2.45) is 0 Å². The minimum Gasteiger partial charge on any atom is -0.308 e. The van der Waals surface area contributed by atoms with Crippen LogP contribution in [0.3, 0.4) is 0 Å². The molecule has 0 spiro atoms. The average molecular weight is 230 g/mol. The van der Waals surface area contributed by atoms with E-state index in [0.717, 1.165) is 12.8 Å². The van der Waals surface area contributed by atoms with Crippen LogP contribution in [0.4, 0.5) is 0 Å². The van der Waals surface area contributed by atoms with Crippen LogP contribution in [0.2, 0.25) is 0 Å². The normalized spacial score (nSPS) is 16.3. The highest BCUT2D eigenvalue weighted by Gasteiger charge is 2.33. The average Bonchev–Trinajstić information content (AvgIpc) is 2.79. The third-order valence-corrected chi connectivity index (χ3v) is 4.23. The maximum atomic E-state index is 11.9. The van der Waals surface area contributed by atoms with Gasteiger partial charge in [0.2, 0.25) is 0 Å². The molecule has 0 saturated heterocycles. The Balaban J connectivity index is 2.84. The van der Waals surface area contributed by atoms with Crippen molar-refractivity contribution in [3.8, 4) is 0 Å². The highest BCUT2D eigenvalue weighted by molar-refractivity contribution is 7.60. The molecule has 0 aromatic heterocycles. The molecule has 84 valence electrons. The maximum absolute atomic E-state index is 11.9. The largest absolute Gasteiger partial charge is 0.364 e. The molecule has 0 unspecified atom stereocenters. The molecule has 1 aliphatic rings. The second-order valence-electron chi connectivity index (χ2n) is 3.26. The van der Waals surface area contributed by atoms with E-state index in [2.05, 4.69) is 6.58 Å². The molecule has 5 heteroatoms. The Bertz CT molecular complexity index is 348. The maximum Gasteiger partial charge on any atom is 0.364 e. The smallest absolute Gasteiger partial charge is 0.308 e. The Morgan fingerprint density at radius 3 is 2.47 bits per heavy atom. The molecule has 0 aromatic rings. The van der Waals surface area contributed by atoms with Gasteiger partial charge in [0.05, 0.1) is 0 Å². The third kappa shape index (κ3) is 2.46. The summed E-state index contributed by atoms with van der Waals surface area (Å²) in [5.74, 6) is -0.306. The predicted octanol–water partition coefficient (Wildman–Crippen LogP) is 2.67. The van der Waals surface area contributed by atoms with Gasteiger partial charge in [0, 0.05) is 14.2 Å². The minimum atomic E-state index is -3.47. The molecule has 1 aliphatic carbocycles. The van der Waals surface area contributed by atoms with Crippen LogP contribution in [-0.2, 0) is 18.4 Å². The Labute approximate surface area is 89.5 Å². The van der Waals surface area contributed by atoms with Crippen molar-refractivity contribution in [3.05, 3.63) is 23.5 Å². The van der Waals surface area contributed by atoms with E-state index in [9.17, 15) is 9.36 Å². The molecule has 0 amide bonds. The van der Waals surface area contributed by atoms with Crippen LogP contribution in [-0.4, -0.2) is 20.0 Å². The summed E-state index contributed by atoms with van der Waals surface area (Å²) < 4.78 is 21.3. The van der Waals surface area contributed by atoms with Crippen molar-refractivity contribution in [2.75, 3.05) is 14.2 Å². The zero-order valence-corrected chi connectivity index (χ0v) is 9.88. The number of rotatable bonds is 5. The summed E-state index contributed by atoms with van der Waals surface area (Å²) in [6.07, 6.45) is 4.41. The lowest BCUT2D eigenvalue weighted by Crippen LogP contribution is -2.06. The van der Waals surface area contributed by atoms with Gasteiger partial charge in [-0.2, -0.15) is 0 Å². The summed E-state index contributed by atoms with van der Waals surface area (Å²) in [6, 6.07) is 0. The summed E-state index contributed by atoms with van der Waals surface area (Å²) in [5.41, 5.74) is 0.661. The third-order valence-electron chi connectivity index (χ3n) is 2.41. The second kappa shape index (κ2) is 4.88. The molecule has 0 radical (unpaired) electrons. The number of carbonyl (C=O) groups excluding carboxylic acids is 1. The number of allylic oxidation sites excluding steroid dienone is 3. The predicted molar refractivity (Wildman–Crippen MR) is 57.7 cm³/mol. The monoisotopic (exact) mass is 230 g/mol. The Morgan fingerprint density at radius 2 is 2.07 bits per heavy atom. The molecule has 0 N–H and O–H groups in total. The fourth-order valence-corrected chi connectivity index (χ4v) is 2.46. The van der Waals surface area contributed by atoms with Gasteiger partial charge in [-0.3, -0.25) is 9.36 Å². The van der Waals surface area contributed by atoms with Crippen LogP contribution in [0.5, 0.6) is 0 Å². The molecule has 15 heavy (non-hydrogen) atoms. The summed E-state index contributed by atoms with van der Waals surface area (Å²) in [7, 11) is -0.982. The molecular formula is C10H15O4P. The van der Waals surface area contributed by atoms with Crippen LogP contribution in [0, 0.1) is 0 Å². The quantitative estimate of drug-likeness (QED) is 0.538. The highest BCUT2D eigenvalue weighted by Crippen LogP contribution is 2.55. The fraction of sp³-hybridized carbons (Fsp3) is 0.500. The zero-order chi connectivity index (χ0) is 11.5. The van der Waals surface area contributed by atoms with Crippen molar-refractivity contribution >= 4 is 13.4 Å².